The molecule has 3 aromatic rings. The number of rotatable bonds is 7. The second-order valence-corrected chi connectivity index (χ2v) is 7.87. The van der Waals surface area contributed by atoms with Gasteiger partial charge in [0.2, 0.25) is 11.8 Å². The molecule has 29 heavy (non-hydrogen) atoms. The summed E-state index contributed by atoms with van der Waals surface area (Å²) in [6, 6.07) is 19.9. The van der Waals surface area contributed by atoms with E-state index in [-0.39, 0.29) is 30.9 Å². The highest BCUT2D eigenvalue weighted by Gasteiger charge is 2.12. The fourth-order valence-electron chi connectivity index (χ4n) is 3.19. The molecule has 2 amide bonds. The number of aryl methyl sites for hydroxylation is 1. The second kappa shape index (κ2) is 9.67. The summed E-state index contributed by atoms with van der Waals surface area (Å²) in [5.41, 5.74) is 2.82. The van der Waals surface area contributed by atoms with Gasteiger partial charge in [-0.2, -0.15) is 0 Å². The minimum absolute atomic E-state index is 0.00564. The third-order valence-corrected chi connectivity index (χ3v) is 5.26. The third-order valence-electron chi connectivity index (χ3n) is 4.77. The normalized spacial score (nSPS) is 11.8. The standard InChI is InChI=1S/C23H24BrN3O2/c1-15-12-18(24)10-11-21(15)27-23(29)14-26-22(28)13-25-16(2)19-9-5-7-17-6-3-4-8-20(17)19/h3-12,16,25H,13-14H2,1-2H3,(H,26,28)(H,27,29)/t16-/m0/s1. The van der Waals surface area contributed by atoms with Crippen molar-refractivity contribution in [1.82, 2.24) is 10.6 Å². The molecule has 0 saturated heterocycles. The molecule has 3 N–H and O–H groups in total. The number of benzene rings is 3. The van der Waals surface area contributed by atoms with Crippen molar-refractivity contribution in [1.29, 1.82) is 0 Å². The first kappa shape index (κ1) is 21.0. The van der Waals surface area contributed by atoms with E-state index in [0.29, 0.717) is 0 Å². The molecule has 3 aromatic carbocycles. The molecule has 0 aliphatic rings. The van der Waals surface area contributed by atoms with E-state index in [0.717, 1.165) is 21.3 Å². The number of hydrogen-bond acceptors (Lipinski definition) is 3. The number of amides is 2. The molecule has 3 rings (SSSR count). The van der Waals surface area contributed by atoms with Crippen molar-refractivity contribution in [3.05, 3.63) is 76.3 Å². The van der Waals surface area contributed by atoms with E-state index < -0.39 is 0 Å². The molecule has 0 aromatic heterocycles. The van der Waals surface area contributed by atoms with Crippen molar-refractivity contribution in [3.63, 3.8) is 0 Å². The maximum Gasteiger partial charge on any atom is 0.243 e. The summed E-state index contributed by atoms with van der Waals surface area (Å²) in [7, 11) is 0. The maximum atomic E-state index is 12.2. The average molecular weight is 454 g/mol. The van der Waals surface area contributed by atoms with Gasteiger partial charge in [-0.1, -0.05) is 58.4 Å². The van der Waals surface area contributed by atoms with E-state index in [1.807, 2.05) is 50.2 Å². The Morgan fingerprint density at radius 1 is 0.966 bits per heavy atom. The predicted octanol–water partition coefficient (Wildman–Crippen LogP) is 4.32. The zero-order valence-corrected chi connectivity index (χ0v) is 18.0. The van der Waals surface area contributed by atoms with Crippen LogP contribution in [-0.4, -0.2) is 24.9 Å². The van der Waals surface area contributed by atoms with Crippen molar-refractivity contribution in [2.24, 2.45) is 0 Å². The van der Waals surface area contributed by atoms with Crippen molar-refractivity contribution < 1.29 is 9.59 Å². The smallest absolute Gasteiger partial charge is 0.243 e. The first-order valence-corrected chi connectivity index (χ1v) is 10.3. The summed E-state index contributed by atoms with van der Waals surface area (Å²) in [5.74, 6) is -0.481. The van der Waals surface area contributed by atoms with Crippen LogP contribution in [0.1, 0.15) is 24.1 Å². The topological polar surface area (TPSA) is 70.2 Å². The van der Waals surface area contributed by atoms with Crippen molar-refractivity contribution >= 4 is 44.2 Å². The van der Waals surface area contributed by atoms with Gasteiger partial charge >= 0.3 is 0 Å². The van der Waals surface area contributed by atoms with Crippen LogP contribution in [0, 0.1) is 6.92 Å². The largest absolute Gasteiger partial charge is 0.346 e. The molecule has 0 unspecified atom stereocenters. The minimum atomic E-state index is -0.258. The first-order valence-electron chi connectivity index (χ1n) is 9.48. The van der Waals surface area contributed by atoms with Gasteiger partial charge in [-0.25, -0.2) is 0 Å². The Hall–Kier alpha value is -2.70. The molecule has 0 aliphatic heterocycles. The van der Waals surface area contributed by atoms with Crippen LogP contribution in [-0.2, 0) is 9.59 Å². The Labute approximate surface area is 179 Å². The zero-order valence-electron chi connectivity index (χ0n) is 16.5. The van der Waals surface area contributed by atoms with Gasteiger partial charge in [-0.05, 0) is 53.9 Å². The molecule has 150 valence electrons. The summed E-state index contributed by atoms with van der Waals surface area (Å²) in [6.45, 7) is 4.00. The van der Waals surface area contributed by atoms with Crippen LogP contribution in [0.15, 0.2) is 65.1 Å². The SMILES string of the molecule is Cc1cc(Br)ccc1NC(=O)CNC(=O)CN[C@@H](C)c1cccc2ccccc12. The molecule has 0 aliphatic carbocycles. The Bertz CT molecular complexity index is 1030. The molecule has 6 heteroatoms. The highest BCUT2D eigenvalue weighted by Crippen LogP contribution is 2.24. The van der Waals surface area contributed by atoms with Gasteiger partial charge in [0.1, 0.15) is 0 Å². The van der Waals surface area contributed by atoms with Crippen LogP contribution in [0.3, 0.4) is 0 Å². The molecule has 1 atom stereocenters. The Balaban J connectivity index is 1.48. The maximum absolute atomic E-state index is 12.2. The molecule has 0 spiro atoms. The van der Waals surface area contributed by atoms with Gasteiger partial charge in [-0.3, -0.25) is 9.59 Å². The molecule has 0 saturated carbocycles. The van der Waals surface area contributed by atoms with Gasteiger partial charge < -0.3 is 16.0 Å². The van der Waals surface area contributed by atoms with Crippen molar-refractivity contribution in [2.45, 2.75) is 19.9 Å². The third kappa shape index (κ3) is 5.65. The van der Waals surface area contributed by atoms with Crippen LogP contribution in [0.5, 0.6) is 0 Å². The highest BCUT2D eigenvalue weighted by molar-refractivity contribution is 9.10. The molecule has 0 heterocycles. The first-order chi connectivity index (χ1) is 13.9. The average Bonchev–Trinajstić information content (AvgIpc) is 2.72. The monoisotopic (exact) mass is 453 g/mol. The lowest BCUT2D eigenvalue weighted by Crippen LogP contribution is -2.39. The van der Waals surface area contributed by atoms with Gasteiger partial charge in [0.15, 0.2) is 0 Å². The minimum Gasteiger partial charge on any atom is -0.346 e. The predicted molar refractivity (Wildman–Crippen MR) is 121 cm³/mol. The lowest BCUT2D eigenvalue weighted by Gasteiger charge is -2.16. The van der Waals surface area contributed by atoms with Crippen molar-refractivity contribution in [3.8, 4) is 0 Å². The van der Waals surface area contributed by atoms with Crippen molar-refractivity contribution in [2.75, 3.05) is 18.4 Å². The van der Waals surface area contributed by atoms with E-state index >= 15 is 0 Å². The number of hydrogen-bond donors (Lipinski definition) is 3. The zero-order chi connectivity index (χ0) is 20.8. The van der Waals surface area contributed by atoms with Crippen LogP contribution >= 0.6 is 15.9 Å². The lowest BCUT2D eigenvalue weighted by molar-refractivity contribution is -0.123. The van der Waals surface area contributed by atoms with Gasteiger partial charge in [0, 0.05) is 16.2 Å². The molecular formula is C23H24BrN3O2. The van der Waals surface area contributed by atoms with Crippen LogP contribution in [0.4, 0.5) is 5.69 Å². The van der Waals surface area contributed by atoms with Crippen LogP contribution in [0.2, 0.25) is 0 Å². The van der Waals surface area contributed by atoms with Gasteiger partial charge in [0.05, 0.1) is 13.1 Å². The van der Waals surface area contributed by atoms with E-state index in [1.54, 1.807) is 0 Å². The van der Waals surface area contributed by atoms with E-state index in [2.05, 4.69) is 56.1 Å². The molecule has 5 nitrogen and oxygen atoms in total. The number of carbonyl (C=O) groups is 2. The molecule has 0 bridgehead atoms. The molecule has 0 fully saturated rings. The Morgan fingerprint density at radius 2 is 1.72 bits per heavy atom. The summed E-state index contributed by atoms with van der Waals surface area (Å²) in [4.78, 5) is 24.3. The van der Waals surface area contributed by atoms with E-state index in [4.69, 9.17) is 0 Å². The number of nitrogens with one attached hydrogen (secondary N) is 3. The van der Waals surface area contributed by atoms with Gasteiger partial charge in [-0.15, -0.1) is 0 Å². The summed E-state index contributed by atoms with van der Waals surface area (Å²) < 4.78 is 0.952. The molecule has 0 radical (unpaired) electrons. The fourth-order valence-corrected chi connectivity index (χ4v) is 3.66. The fraction of sp³-hybridized carbons (Fsp3) is 0.217. The second-order valence-electron chi connectivity index (χ2n) is 6.96. The van der Waals surface area contributed by atoms with E-state index in [1.165, 1.54) is 10.8 Å². The number of halogens is 1. The Morgan fingerprint density at radius 3 is 2.52 bits per heavy atom. The number of fused-ring (bicyclic) bond motifs is 1. The molecular weight excluding hydrogens is 430 g/mol. The summed E-state index contributed by atoms with van der Waals surface area (Å²) in [6.07, 6.45) is 0. The highest BCUT2D eigenvalue weighted by atomic mass is 79.9. The Kier molecular flexibility index (Phi) is 7.01. The quantitative estimate of drug-likeness (QED) is 0.498. The van der Waals surface area contributed by atoms with Crippen LogP contribution < -0.4 is 16.0 Å². The summed E-state index contributed by atoms with van der Waals surface area (Å²) in [5, 5.41) is 11.0. The number of anilines is 1. The van der Waals surface area contributed by atoms with Gasteiger partial charge in [0.25, 0.3) is 0 Å². The van der Waals surface area contributed by atoms with Crippen LogP contribution in [0.25, 0.3) is 10.8 Å². The lowest BCUT2D eigenvalue weighted by atomic mass is 10.00. The summed E-state index contributed by atoms with van der Waals surface area (Å²) >= 11 is 3.39. The number of carbonyl (C=O) groups excluding carboxylic acids is 2. The van der Waals surface area contributed by atoms with E-state index in [9.17, 15) is 9.59 Å².